The monoisotopic (exact) mass is 460 g/mol. The first-order valence-electron chi connectivity index (χ1n) is 5.06. The summed E-state index contributed by atoms with van der Waals surface area (Å²) in [5, 5.41) is 9.84. The predicted molar refractivity (Wildman–Crippen MR) is 82.8 cm³/mol. The Morgan fingerprint density at radius 2 is 1.94 bits per heavy atom. The number of aromatic hydroxyl groups is 1. The molecule has 1 N–H and O–H groups in total. The maximum atomic E-state index is 11.6. The van der Waals surface area contributed by atoms with Crippen molar-refractivity contribution in [1.29, 1.82) is 0 Å². The van der Waals surface area contributed by atoms with Crippen LogP contribution < -0.4 is 0 Å². The van der Waals surface area contributed by atoms with Crippen molar-refractivity contribution < 1.29 is 14.6 Å². The van der Waals surface area contributed by atoms with E-state index >= 15 is 0 Å². The van der Waals surface area contributed by atoms with Gasteiger partial charge in [-0.25, -0.2) is 0 Å². The van der Waals surface area contributed by atoms with Gasteiger partial charge in [-0.3, -0.25) is 4.79 Å². The lowest BCUT2D eigenvalue weighted by Crippen LogP contribution is -2.22. The number of benzene rings is 1. The average Bonchev–Trinajstić information content (AvgIpc) is 2.19. The molecule has 3 nitrogen and oxygen atoms in total. The molecule has 0 fully saturated rings. The van der Waals surface area contributed by atoms with E-state index in [9.17, 15) is 9.90 Å². The molecule has 0 amide bonds. The minimum absolute atomic E-state index is 0.106. The van der Waals surface area contributed by atoms with Crippen molar-refractivity contribution in [2.45, 2.75) is 27.4 Å². The normalized spacial score (nSPS) is 11.4. The third kappa shape index (κ3) is 4.27. The highest BCUT2D eigenvalue weighted by molar-refractivity contribution is 14.1. The molecular weight excluding hydrogens is 446 g/mol. The van der Waals surface area contributed by atoms with Gasteiger partial charge in [0.1, 0.15) is 12.4 Å². The van der Waals surface area contributed by atoms with Gasteiger partial charge in [0.05, 0.1) is 8.99 Å². The molecule has 0 spiro atoms. The van der Waals surface area contributed by atoms with Crippen molar-refractivity contribution in [3.8, 4) is 5.75 Å². The molecule has 0 unspecified atom stereocenters. The average molecular weight is 460 g/mol. The zero-order valence-corrected chi connectivity index (χ0v) is 14.2. The number of halogens is 2. The lowest BCUT2D eigenvalue weighted by molar-refractivity contribution is -0.154. The van der Waals surface area contributed by atoms with Gasteiger partial charge in [0.2, 0.25) is 0 Å². The maximum absolute atomic E-state index is 11.6. The van der Waals surface area contributed by atoms with Crippen molar-refractivity contribution >= 4 is 51.2 Å². The number of carbonyl (C=O) groups is 1. The number of esters is 1. The fraction of sp³-hybridized carbons (Fsp3) is 0.417. The molecule has 1 aromatic rings. The van der Waals surface area contributed by atoms with E-state index in [0.29, 0.717) is 5.56 Å². The molecule has 0 aromatic heterocycles. The van der Waals surface area contributed by atoms with Gasteiger partial charge in [-0.1, -0.05) is 0 Å². The van der Waals surface area contributed by atoms with Crippen molar-refractivity contribution in [2.75, 3.05) is 0 Å². The van der Waals surface area contributed by atoms with Crippen LogP contribution in [0.1, 0.15) is 26.3 Å². The van der Waals surface area contributed by atoms with E-state index in [1.807, 2.05) is 12.1 Å². The molecule has 17 heavy (non-hydrogen) atoms. The Bertz CT molecular complexity index is 436. The minimum atomic E-state index is -0.523. The van der Waals surface area contributed by atoms with Crippen LogP contribution in [0.3, 0.4) is 0 Å². The highest BCUT2D eigenvalue weighted by atomic mass is 127. The van der Waals surface area contributed by atoms with Crippen LogP contribution in [-0.2, 0) is 16.1 Å². The zero-order valence-electron chi connectivity index (χ0n) is 9.88. The fourth-order valence-corrected chi connectivity index (χ4v) is 3.05. The van der Waals surface area contributed by atoms with Gasteiger partial charge in [-0.15, -0.1) is 0 Å². The first-order valence-corrected chi connectivity index (χ1v) is 7.21. The summed E-state index contributed by atoms with van der Waals surface area (Å²) in [4.78, 5) is 11.6. The summed E-state index contributed by atoms with van der Waals surface area (Å²) >= 11 is 4.22. The van der Waals surface area contributed by atoms with Crippen LogP contribution in [0.2, 0.25) is 0 Å². The molecule has 0 heterocycles. The predicted octanol–water partition coefficient (Wildman–Crippen LogP) is 3.69. The Morgan fingerprint density at radius 3 is 2.47 bits per heavy atom. The van der Waals surface area contributed by atoms with Crippen LogP contribution in [0.25, 0.3) is 0 Å². The van der Waals surface area contributed by atoms with Gasteiger partial charge in [0.25, 0.3) is 0 Å². The number of carbonyl (C=O) groups excluding carboxylic acids is 1. The Kier molecular flexibility index (Phi) is 5.06. The van der Waals surface area contributed by atoms with E-state index in [-0.39, 0.29) is 18.3 Å². The summed E-state index contributed by atoms with van der Waals surface area (Å²) in [5.41, 5.74) is 0.115. The summed E-state index contributed by atoms with van der Waals surface area (Å²) in [6, 6.07) is 3.68. The Labute approximate surface area is 128 Å². The van der Waals surface area contributed by atoms with Gasteiger partial charge >= 0.3 is 5.97 Å². The van der Waals surface area contributed by atoms with Gasteiger partial charge in [-0.2, -0.15) is 0 Å². The molecule has 0 bridgehead atoms. The van der Waals surface area contributed by atoms with E-state index in [2.05, 4.69) is 45.2 Å². The van der Waals surface area contributed by atoms with E-state index < -0.39 is 5.41 Å². The molecule has 0 radical (unpaired) electrons. The quantitative estimate of drug-likeness (QED) is 0.542. The van der Waals surface area contributed by atoms with Crippen LogP contribution in [0.4, 0.5) is 0 Å². The molecule has 0 atom stereocenters. The second-order valence-electron chi connectivity index (χ2n) is 4.72. The second-order valence-corrected chi connectivity index (χ2v) is 7.13. The van der Waals surface area contributed by atoms with Crippen LogP contribution >= 0.6 is 45.2 Å². The van der Waals surface area contributed by atoms with Crippen LogP contribution in [0.15, 0.2) is 12.1 Å². The maximum Gasteiger partial charge on any atom is 0.311 e. The van der Waals surface area contributed by atoms with Crippen molar-refractivity contribution in [3.63, 3.8) is 0 Å². The molecule has 0 aliphatic heterocycles. The molecule has 1 rings (SSSR count). The largest absolute Gasteiger partial charge is 0.506 e. The third-order valence-corrected chi connectivity index (χ3v) is 3.52. The summed E-state index contributed by atoms with van der Waals surface area (Å²) in [7, 11) is 0. The first-order chi connectivity index (χ1) is 7.71. The summed E-state index contributed by atoms with van der Waals surface area (Å²) in [6.07, 6.45) is 0. The molecule has 1 aromatic carbocycles. The molecule has 5 heteroatoms. The van der Waals surface area contributed by atoms with Crippen molar-refractivity contribution in [3.05, 3.63) is 24.8 Å². The van der Waals surface area contributed by atoms with Crippen LogP contribution in [-0.4, -0.2) is 11.1 Å². The number of hydrogen-bond acceptors (Lipinski definition) is 3. The van der Waals surface area contributed by atoms with Crippen LogP contribution in [0, 0.1) is 12.6 Å². The molecule has 0 saturated heterocycles. The first kappa shape index (κ1) is 15.0. The Balaban J connectivity index is 2.80. The molecular formula is C12H14I2O3. The fourth-order valence-electron chi connectivity index (χ4n) is 1.09. The molecule has 94 valence electrons. The molecule has 0 saturated carbocycles. The summed E-state index contributed by atoms with van der Waals surface area (Å²) < 4.78 is 6.94. The smallest absolute Gasteiger partial charge is 0.311 e. The molecule has 0 aliphatic carbocycles. The van der Waals surface area contributed by atoms with Crippen LogP contribution in [0.5, 0.6) is 5.75 Å². The van der Waals surface area contributed by atoms with E-state index in [1.165, 1.54) is 0 Å². The Hall–Kier alpha value is -0.0500. The second kappa shape index (κ2) is 5.73. The zero-order chi connectivity index (χ0) is 13.2. The highest BCUT2D eigenvalue weighted by Crippen LogP contribution is 2.28. The SMILES string of the molecule is CC(C)(C)C(=O)OCc1cc(I)cc(I)c1O. The number of rotatable bonds is 2. The minimum Gasteiger partial charge on any atom is -0.506 e. The number of hydrogen-bond donors (Lipinski definition) is 1. The number of ether oxygens (including phenoxy) is 1. The summed E-state index contributed by atoms with van der Waals surface area (Å²) in [6.45, 7) is 5.50. The van der Waals surface area contributed by atoms with E-state index in [4.69, 9.17) is 4.74 Å². The molecule has 0 aliphatic rings. The van der Waals surface area contributed by atoms with Crippen molar-refractivity contribution in [1.82, 2.24) is 0 Å². The Morgan fingerprint density at radius 1 is 1.35 bits per heavy atom. The topological polar surface area (TPSA) is 46.5 Å². The standard InChI is InChI=1S/C12H14I2O3/c1-12(2,3)11(16)17-6-7-4-8(13)5-9(14)10(7)15/h4-5,15H,6H2,1-3H3. The lowest BCUT2D eigenvalue weighted by atomic mass is 9.97. The highest BCUT2D eigenvalue weighted by Gasteiger charge is 2.23. The van der Waals surface area contributed by atoms with Gasteiger partial charge in [0.15, 0.2) is 0 Å². The van der Waals surface area contributed by atoms with Gasteiger partial charge in [-0.05, 0) is 78.1 Å². The van der Waals surface area contributed by atoms with Gasteiger partial charge < -0.3 is 9.84 Å². The van der Waals surface area contributed by atoms with Crippen molar-refractivity contribution in [2.24, 2.45) is 5.41 Å². The van der Waals surface area contributed by atoms with E-state index in [1.54, 1.807) is 20.8 Å². The van der Waals surface area contributed by atoms with Gasteiger partial charge in [0, 0.05) is 9.13 Å². The lowest BCUT2D eigenvalue weighted by Gasteiger charge is -2.17. The number of phenols is 1. The third-order valence-electron chi connectivity index (χ3n) is 2.08. The summed E-state index contributed by atoms with van der Waals surface area (Å²) in [5.74, 6) is -0.0847. The number of phenolic OH excluding ortho intramolecular Hbond substituents is 1. The van der Waals surface area contributed by atoms with E-state index in [0.717, 1.165) is 7.14 Å².